The highest BCUT2D eigenvalue weighted by atomic mass is 16.4. The maximum absolute atomic E-state index is 5.27. The van der Waals surface area contributed by atoms with Gasteiger partial charge < -0.3 is 15.1 Å². The summed E-state index contributed by atoms with van der Waals surface area (Å²) in [6.07, 6.45) is 5.08. The molecule has 21 heavy (non-hydrogen) atoms. The highest BCUT2D eigenvalue weighted by Gasteiger charge is 2.17. The van der Waals surface area contributed by atoms with Crippen molar-refractivity contribution in [2.24, 2.45) is 0 Å². The van der Waals surface area contributed by atoms with Crippen molar-refractivity contribution in [3.63, 3.8) is 0 Å². The predicted octanol–water partition coefficient (Wildman–Crippen LogP) is 2.99. The number of aryl methyl sites for hydroxylation is 1. The summed E-state index contributed by atoms with van der Waals surface area (Å²) in [7, 11) is 0. The lowest BCUT2D eigenvalue weighted by atomic mass is 10.0. The summed E-state index contributed by atoms with van der Waals surface area (Å²) in [6, 6.07) is 7.25. The fraction of sp³-hybridized carbons (Fsp3) is 0.500. The van der Waals surface area contributed by atoms with Crippen LogP contribution in [0.4, 0.5) is 5.69 Å². The van der Waals surface area contributed by atoms with Crippen LogP contribution in [0, 0.1) is 6.92 Å². The zero-order valence-corrected chi connectivity index (χ0v) is 12.6. The minimum absolute atomic E-state index is 0.428. The van der Waals surface area contributed by atoms with Crippen LogP contribution in [0.2, 0.25) is 0 Å². The number of nitrogens with zero attached hydrogens (tertiary/aromatic N) is 2. The van der Waals surface area contributed by atoms with E-state index in [2.05, 4.69) is 46.8 Å². The van der Waals surface area contributed by atoms with E-state index in [0.29, 0.717) is 18.0 Å². The summed E-state index contributed by atoms with van der Waals surface area (Å²) >= 11 is 0. The van der Waals surface area contributed by atoms with Crippen molar-refractivity contribution in [1.82, 2.24) is 15.5 Å². The molecular weight excluding hydrogens is 264 g/mol. The van der Waals surface area contributed by atoms with Crippen molar-refractivity contribution >= 4 is 5.69 Å². The standard InChI is InChI=1S/C16H22N4O/c1-11-5-6-13(16-20-18-10-21-16)9-15(11)19-12(2)8-14-4-3-7-17-14/h5-6,9-10,12,14,17,19H,3-4,7-8H2,1-2H3. The van der Waals surface area contributed by atoms with Gasteiger partial charge in [-0.05, 0) is 57.4 Å². The number of hydrogen-bond acceptors (Lipinski definition) is 5. The number of anilines is 1. The van der Waals surface area contributed by atoms with Crippen LogP contribution in [0.3, 0.4) is 0 Å². The molecule has 0 aliphatic carbocycles. The Balaban J connectivity index is 1.70. The van der Waals surface area contributed by atoms with Crippen molar-refractivity contribution in [2.45, 2.75) is 45.2 Å². The van der Waals surface area contributed by atoms with Crippen LogP contribution in [0.1, 0.15) is 31.7 Å². The monoisotopic (exact) mass is 286 g/mol. The molecule has 2 unspecified atom stereocenters. The van der Waals surface area contributed by atoms with E-state index in [9.17, 15) is 0 Å². The Morgan fingerprint density at radius 1 is 1.48 bits per heavy atom. The minimum atomic E-state index is 0.428. The summed E-state index contributed by atoms with van der Waals surface area (Å²) < 4.78 is 5.27. The molecule has 112 valence electrons. The number of nitrogens with one attached hydrogen (secondary N) is 2. The number of hydrogen-bond donors (Lipinski definition) is 2. The molecule has 0 radical (unpaired) electrons. The first kappa shape index (κ1) is 14.1. The summed E-state index contributed by atoms with van der Waals surface area (Å²) in [4.78, 5) is 0. The van der Waals surface area contributed by atoms with Crippen molar-refractivity contribution in [3.8, 4) is 11.5 Å². The average Bonchev–Trinajstić information content (AvgIpc) is 3.14. The maximum Gasteiger partial charge on any atom is 0.247 e. The van der Waals surface area contributed by atoms with Gasteiger partial charge in [0, 0.05) is 23.3 Å². The molecule has 0 amide bonds. The van der Waals surface area contributed by atoms with Crippen molar-refractivity contribution in [3.05, 3.63) is 30.2 Å². The number of rotatable bonds is 5. The molecule has 5 heteroatoms. The van der Waals surface area contributed by atoms with Crippen molar-refractivity contribution < 1.29 is 4.42 Å². The quantitative estimate of drug-likeness (QED) is 0.884. The molecule has 3 rings (SSSR count). The normalized spacial score (nSPS) is 19.6. The first-order valence-corrected chi connectivity index (χ1v) is 7.59. The van der Waals surface area contributed by atoms with Crippen molar-refractivity contribution in [2.75, 3.05) is 11.9 Å². The first-order chi connectivity index (χ1) is 10.2. The molecule has 2 aromatic rings. The fourth-order valence-corrected chi connectivity index (χ4v) is 2.92. The van der Waals surface area contributed by atoms with Crippen LogP contribution in [-0.2, 0) is 0 Å². The summed E-state index contributed by atoms with van der Waals surface area (Å²) in [5.41, 5.74) is 3.31. The smallest absolute Gasteiger partial charge is 0.247 e. The molecule has 2 heterocycles. The van der Waals surface area contributed by atoms with Crippen LogP contribution in [0.5, 0.6) is 0 Å². The molecule has 1 aliphatic heterocycles. The van der Waals surface area contributed by atoms with Crippen LogP contribution in [0.15, 0.2) is 29.0 Å². The van der Waals surface area contributed by atoms with Gasteiger partial charge in [0.25, 0.3) is 0 Å². The van der Waals surface area contributed by atoms with E-state index in [1.54, 1.807) is 0 Å². The molecule has 1 aromatic carbocycles. The highest BCUT2D eigenvalue weighted by molar-refractivity contribution is 5.64. The number of aromatic nitrogens is 2. The van der Waals surface area contributed by atoms with Gasteiger partial charge in [0.1, 0.15) is 0 Å². The molecule has 1 fully saturated rings. The van der Waals surface area contributed by atoms with Crippen LogP contribution >= 0.6 is 0 Å². The van der Waals surface area contributed by atoms with E-state index in [4.69, 9.17) is 4.42 Å². The second-order valence-electron chi connectivity index (χ2n) is 5.85. The van der Waals surface area contributed by atoms with Gasteiger partial charge in [-0.2, -0.15) is 0 Å². The predicted molar refractivity (Wildman–Crippen MR) is 83.2 cm³/mol. The molecule has 0 bridgehead atoms. The average molecular weight is 286 g/mol. The van der Waals surface area contributed by atoms with Crippen LogP contribution in [-0.4, -0.2) is 28.8 Å². The zero-order chi connectivity index (χ0) is 14.7. The van der Waals surface area contributed by atoms with Gasteiger partial charge in [0.15, 0.2) is 0 Å². The van der Waals surface area contributed by atoms with Crippen LogP contribution in [0.25, 0.3) is 11.5 Å². The van der Waals surface area contributed by atoms with E-state index in [0.717, 1.165) is 24.2 Å². The van der Waals surface area contributed by atoms with Gasteiger partial charge in [-0.15, -0.1) is 10.2 Å². The Kier molecular flexibility index (Phi) is 4.20. The Morgan fingerprint density at radius 3 is 3.10 bits per heavy atom. The lowest BCUT2D eigenvalue weighted by Crippen LogP contribution is -2.29. The summed E-state index contributed by atoms with van der Waals surface area (Å²) in [6.45, 7) is 5.50. The fourth-order valence-electron chi connectivity index (χ4n) is 2.92. The van der Waals surface area contributed by atoms with Gasteiger partial charge in [-0.25, -0.2) is 0 Å². The lowest BCUT2D eigenvalue weighted by Gasteiger charge is -2.20. The van der Waals surface area contributed by atoms with Gasteiger partial charge in [0.05, 0.1) is 0 Å². The van der Waals surface area contributed by atoms with Gasteiger partial charge in [-0.3, -0.25) is 0 Å². The lowest BCUT2D eigenvalue weighted by molar-refractivity contribution is 0.523. The molecule has 1 aromatic heterocycles. The van der Waals surface area contributed by atoms with E-state index < -0.39 is 0 Å². The number of benzene rings is 1. The van der Waals surface area contributed by atoms with Gasteiger partial charge in [-0.1, -0.05) is 6.07 Å². The first-order valence-electron chi connectivity index (χ1n) is 7.59. The third-order valence-electron chi connectivity index (χ3n) is 4.05. The topological polar surface area (TPSA) is 63.0 Å². The Bertz CT molecular complexity index is 576. The van der Waals surface area contributed by atoms with E-state index >= 15 is 0 Å². The molecule has 5 nitrogen and oxygen atoms in total. The van der Waals surface area contributed by atoms with Crippen molar-refractivity contribution in [1.29, 1.82) is 0 Å². The van der Waals surface area contributed by atoms with E-state index in [1.165, 1.54) is 24.8 Å². The Hall–Kier alpha value is -1.88. The second kappa shape index (κ2) is 6.26. The zero-order valence-electron chi connectivity index (χ0n) is 12.6. The van der Waals surface area contributed by atoms with Gasteiger partial charge >= 0.3 is 0 Å². The second-order valence-corrected chi connectivity index (χ2v) is 5.85. The SMILES string of the molecule is Cc1ccc(-c2nnco2)cc1NC(C)CC1CCCN1. The third-order valence-corrected chi connectivity index (χ3v) is 4.05. The van der Waals surface area contributed by atoms with Crippen LogP contribution < -0.4 is 10.6 Å². The maximum atomic E-state index is 5.27. The van der Waals surface area contributed by atoms with E-state index in [1.807, 2.05) is 6.07 Å². The Morgan fingerprint density at radius 2 is 2.38 bits per heavy atom. The molecule has 2 atom stereocenters. The van der Waals surface area contributed by atoms with E-state index in [-0.39, 0.29) is 0 Å². The summed E-state index contributed by atoms with van der Waals surface area (Å²) in [5.74, 6) is 0.558. The highest BCUT2D eigenvalue weighted by Crippen LogP contribution is 2.25. The minimum Gasteiger partial charge on any atom is -0.423 e. The van der Waals surface area contributed by atoms with Gasteiger partial charge in [0.2, 0.25) is 12.3 Å². The molecular formula is C16H22N4O. The molecule has 1 saturated heterocycles. The third kappa shape index (κ3) is 3.42. The molecule has 0 saturated carbocycles. The largest absolute Gasteiger partial charge is 0.423 e. The molecule has 0 spiro atoms. The molecule has 1 aliphatic rings. The molecule has 2 N–H and O–H groups in total. The summed E-state index contributed by atoms with van der Waals surface area (Å²) in [5, 5.41) is 14.9. The Labute approximate surface area is 125 Å².